The zero-order chi connectivity index (χ0) is 12.4. The SMILES string of the molecule is O=C(c1cccc2ccncc12)C1CSCCS1. The lowest BCUT2D eigenvalue weighted by molar-refractivity contribution is 0.0996. The van der Waals surface area contributed by atoms with E-state index < -0.39 is 0 Å². The molecule has 1 atom stereocenters. The van der Waals surface area contributed by atoms with Gasteiger partial charge < -0.3 is 0 Å². The molecule has 1 aliphatic rings. The van der Waals surface area contributed by atoms with Crippen molar-refractivity contribution in [1.82, 2.24) is 4.98 Å². The van der Waals surface area contributed by atoms with Gasteiger partial charge in [-0.25, -0.2) is 0 Å². The van der Waals surface area contributed by atoms with E-state index in [1.54, 1.807) is 24.2 Å². The van der Waals surface area contributed by atoms with Crippen molar-refractivity contribution in [3.05, 3.63) is 42.2 Å². The summed E-state index contributed by atoms with van der Waals surface area (Å²) in [6, 6.07) is 7.85. The highest BCUT2D eigenvalue weighted by Gasteiger charge is 2.24. The molecule has 0 saturated carbocycles. The molecular formula is C14H13NOS2. The Bertz CT molecular complexity index is 574. The molecule has 0 bridgehead atoms. The second kappa shape index (κ2) is 5.33. The molecule has 1 aromatic heterocycles. The Morgan fingerprint density at radius 3 is 3.06 bits per heavy atom. The Balaban J connectivity index is 2.00. The van der Waals surface area contributed by atoms with Gasteiger partial charge in [0.1, 0.15) is 0 Å². The van der Waals surface area contributed by atoms with Crippen LogP contribution in [0.15, 0.2) is 36.7 Å². The summed E-state index contributed by atoms with van der Waals surface area (Å²) in [6.45, 7) is 0. The number of nitrogens with zero attached hydrogens (tertiary/aromatic N) is 1. The number of aromatic nitrogens is 1. The van der Waals surface area contributed by atoms with E-state index in [0.29, 0.717) is 0 Å². The standard InChI is InChI=1S/C14H13NOS2/c16-14(13-9-17-6-7-18-13)11-3-1-2-10-4-5-15-8-12(10)11/h1-5,8,13H,6-7,9H2. The molecule has 0 aliphatic carbocycles. The first-order valence-electron chi connectivity index (χ1n) is 5.92. The second-order valence-electron chi connectivity index (χ2n) is 4.20. The summed E-state index contributed by atoms with van der Waals surface area (Å²) in [5.41, 5.74) is 0.820. The lowest BCUT2D eigenvalue weighted by Gasteiger charge is -2.20. The number of carbonyl (C=O) groups is 1. The van der Waals surface area contributed by atoms with Gasteiger partial charge in [0.15, 0.2) is 5.78 Å². The van der Waals surface area contributed by atoms with Gasteiger partial charge in [-0.2, -0.15) is 11.8 Å². The van der Waals surface area contributed by atoms with Crippen LogP contribution in [0.5, 0.6) is 0 Å². The molecule has 1 aromatic carbocycles. The number of hydrogen-bond donors (Lipinski definition) is 0. The van der Waals surface area contributed by atoms with Gasteiger partial charge in [0.25, 0.3) is 0 Å². The van der Waals surface area contributed by atoms with Crippen molar-refractivity contribution in [2.45, 2.75) is 5.25 Å². The fraction of sp³-hybridized carbons (Fsp3) is 0.286. The van der Waals surface area contributed by atoms with Crippen molar-refractivity contribution in [3.63, 3.8) is 0 Å². The van der Waals surface area contributed by atoms with E-state index in [-0.39, 0.29) is 11.0 Å². The van der Waals surface area contributed by atoms with Crippen LogP contribution in [-0.4, -0.2) is 33.3 Å². The highest BCUT2D eigenvalue weighted by molar-refractivity contribution is 8.07. The van der Waals surface area contributed by atoms with E-state index in [9.17, 15) is 4.79 Å². The van der Waals surface area contributed by atoms with Gasteiger partial charge in [0.05, 0.1) is 5.25 Å². The van der Waals surface area contributed by atoms with E-state index >= 15 is 0 Å². The maximum atomic E-state index is 12.6. The van der Waals surface area contributed by atoms with Crippen molar-refractivity contribution in [1.29, 1.82) is 0 Å². The summed E-state index contributed by atoms with van der Waals surface area (Å²) in [5, 5.41) is 2.17. The van der Waals surface area contributed by atoms with Crippen LogP contribution in [0.3, 0.4) is 0 Å². The Labute approximate surface area is 115 Å². The highest BCUT2D eigenvalue weighted by atomic mass is 32.2. The van der Waals surface area contributed by atoms with E-state index in [1.165, 1.54) is 0 Å². The predicted molar refractivity (Wildman–Crippen MR) is 79.6 cm³/mol. The van der Waals surface area contributed by atoms with Crippen LogP contribution < -0.4 is 0 Å². The Morgan fingerprint density at radius 1 is 1.28 bits per heavy atom. The molecule has 92 valence electrons. The average Bonchev–Trinajstić information content (AvgIpc) is 2.47. The van der Waals surface area contributed by atoms with Gasteiger partial charge in [-0.3, -0.25) is 9.78 Å². The van der Waals surface area contributed by atoms with Crippen LogP contribution in [0.2, 0.25) is 0 Å². The van der Waals surface area contributed by atoms with Crippen molar-refractivity contribution in [3.8, 4) is 0 Å². The molecule has 1 aliphatic heterocycles. The summed E-state index contributed by atoms with van der Waals surface area (Å²) in [5.74, 6) is 3.42. The lowest BCUT2D eigenvalue weighted by Crippen LogP contribution is -2.24. The molecule has 2 aromatic rings. The zero-order valence-corrected chi connectivity index (χ0v) is 11.5. The lowest BCUT2D eigenvalue weighted by atomic mass is 10.0. The molecule has 18 heavy (non-hydrogen) atoms. The van der Waals surface area contributed by atoms with Gasteiger partial charge >= 0.3 is 0 Å². The maximum Gasteiger partial charge on any atom is 0.177 e. The first-order valence-corrected chi connectivity index (χ1v) is 8.13. The summed E-state index contributed by atoms with van der Waals surface area (Å²) in [6.07, 6.45) is 3.56. The summed E-state index contributed by atoms with van der Waals surface area (Å²) in [4.78, 5) is 16.7. The molecule has 3 rings (SSSR count). The quantitative estimate of drug-likeness (QED) is 0.787. The third-order valence-corrected chi connectivity index (χ3v) is 5.81. The van der Waals surface area contributed by atoms with Crippen molar-refractivity contribution in [2.24, 2.45) is 0 Å². The van der Waals surface area contributed by atoms with Gasteiger partial charge in [-0.15, -0.1) is 11.8 Å². The van der Waals surface area contributed by atoms with Crippen LogP contribution in [0.1, 0.15) is 10.4 Å². The molecular weight excluding hydrogens is 262 g/mol. The molecule has 0 spiro atoms. The average molecular weight is 275 g/mol. The number of hydrogen-bond acceptors (Lipinski definition) is 4. The number of fused-ring (bicyclic) bond motifs is 1. The highest BCUT2D eigenvalue weighted by Crippen LogP contribution is 2.29. The number of rotatable bonds is 2. The minimum atomic E-state index is 0.106. The zero-order valence-electron chi connectivity index (χ0n) is 9.83. The van der Waals surface area contributed by atoms with E-state index in [4.69, 9.17) is 0 Å². The molecule has 0 N–H and O–H groups in total. The normalized spacial score (nSPS) is 19.9. The molecule has 1 unspecified atom stereocenters. The molecule has 0 amide bonds. The minimum absolute atomic E-state index is 0.106. The van der Waals surface area contributed by atoms with Crippen LogP contribution in [0.25, 0.3) is 10.8 Å². The number of ketones is 1. The Morgan fingerprint density at radius 2 is 2.22 bits per heavy atom. The van der Waals surface area contributed by atoms with Crippen LogP contribution in [0.4, 0.5) is 0 Å². The predicted octanol–water partition coefficient (Wildman–Crippen LogP) is 3.27. The largest absolute Gasteiger partial charge is 0.293 e. The molecule has 4 heteroatoms. The van der Waals surface area contributed by atoms with Gasteiger partial charge in [-0.05, 0) is 11.5 Å². The third kappa shape index (κ3) is 2.27. The number of carbonyl (C=O) groups excluding carboxylic acids is 1. The van der Waals surface area contributed by atoms with E-state index in [1.807, 2.05) is 36.0 Å². The molecule has 1 fully saturated rings. The number of thioether (sulfide) groups is 2. The topological polar surface area (TPSA) is 30.0 Å². The molecule has 1 saturated heterocycles. The van der Waals surface area contributed by atoms with E-state index in [2.05, 4.69) is 4.98 Å². The van der Waals surface area contributed by atoms with Crippen molar-refractivity contribution >= 4 is 40.1 Å². The minimum Gasteiger partial charge on any atom is -0.293 e. The third-order valence-electron chi connectivity index (χ3n) is 3.06. The van der Waals surface area contributed by atoms with Gasteiger partial charge in [0.2, 0.25) is 0 Å². The van der Waals surface area contributed by atoms with Gasteiger partial charge in [0, 0.05) is 40.6 Å². The second-order valence-corrected chi connectivity index (χ2v) is 6.66. The Kier molecular flexibility index (Phi) is 3.57. The molecule has 0 radical (unpaired) electrons. The van der Waals surface area contributed by atoms with Crippen molar-refractivity contribution < 1.29 is 4.79 Å². The number of pyridine rings is 1. The molecule has 2 heterocycles. The number of Topliss-reactive ketones (excluding diaryl/α,β-unsaturated/α-hetero) is 1. The van der Waals surface area contributed by atoms with Crippen LogP contribution in [0, 0.1) is 0 Å². The van der Waals surface area contributed by atoms with Crippen LogP contribution in [-0.2, 0) is 0 Å². The fourth-order valence-corrected chi connectivity index (χ4v) is 4.77. The van der Waals surface area contributed by atoms with E-state index in [0.717, 1.165) is 33.6 Å². The first kappa shape index (κ1) is 12.1. The molecule has 2 nitrogen and oxygen atoms in total. The van der Waals surface area contributed by atoms with Crippen molar-refractivity contribution in [2.75, 3.05) is 17.3 Å². The summed E-state index contributed by atoms with van der Waals surface area (Å²) >= 11 is 3.66. The Hall–Kier alpha value is -1.00. The monoisotopic (exact) mass is 275 g/mol. The maximum absolute atomic E-state index is 12.6. The number of benzene rings is 1. The first-order chi connectivity index (χ1) is 8.86. The van der Waals surface area contributed by atoms with Gasteiger partial charge in [-0.1, -0.05) is 18.2 Å². The summed E-state index contributed by atoms with van der Waals surface area (Å²) in [7, 11) is 0. The smallest absolute Gasteiger partial charge is 0.177 e. The fourth-order valence-electron chi connectivity index (χ4n) is 2.14. The summed E-state index contributed by atoms with van der Waals surface area (Å²) < 4.78 is 0. The van der Waals surface area contributed by atoms with Crippen LogP contribution >= 0.6 is 23.5 Å².